The molecular formula is C16H13N2O2. The number of imidazole rings is 1. The van der Waals surface area contributed by atoms with E-state index < -0.39 is 11.5 Å². The maximum Gasteiger partial charge on any atom is 0.334 e. The molecule has 0 aliphatic heterocycles. The molecule has 3 rings (SSSR count). The Morgan fingerprint density at radius 1 is 1.20 bits per heavy atom. The van der Waals surface area contributed by atoms with Gasteiger partial charge in [-0.15, -0.1) is 0 Å². The fourth-order valence-electron chi connectivity index (χ4n) is 2.44. The summed E-state index contributed by atoms with van der Waals surface area (Å²) in [5, 5.41) is 11.6. The summed E-state index contributed by atoms with van der Waals surface area (Å²) in [5.74, 6) is -1.02. The molecule has 4 heteroatoms. The van der Waals surface area contributed by atoms with Crippen LogP contribution in [0.4, 0.5) is 0 Å². The lowest BCUT2D eigenvalue weighted by Gasteiger charge is -2.28. The summed E-state index contributed by atoms with van der Waals surface area (Å²) in [5.41, 5.74) is -0.793. The summed E-state index contributed by atoms with van der Waals surface area (Å²) in [6.07, 6.45) is 4.64. The summed E-state index contributed by atoms with van der Waals surface area (Å²) < 4.78 is 1.51. The van der Waals surface area contributed by atoms with Gasteiger partial charge < -0.3 is 9.67 Å². The van der Waals surface area contributed by atoms with Gasteiger partial charge in [0.1, 0.15) is 0 Å². The quantitative estimate of drug-likeness (QED) is 0.792. The van der Waals surface area contributed by atoms with Gasteiger partial charge in [-0.2, -0.15) is 0 Å². The lowest BCUT2D eigenvalue weighted by atomic mass is 9.87. The minimum Gasteiger partial charge on any atom is -0.479 e. The third kappa shape index (κ3) is 1.69. The first-order chi connectivity index (χ1) is 9.64. The van der Waals surface area contributed by atoms with Crippen LogP contribution in [0, 0.1) is 6.92 Å². The fourth-order valence-corrected chi connectivity index (χ4v) is 2.44. The number of aromatic nitrogens is 2. The smallest absolute Gasteiger partial charge is 0.334 e. The second-order valence-electron chi connectivity index (χ2n) is 4.66. The molecule has 0 fully saturated rings. The second-order valence-corrected chi connectivity index (χ2v) is 4.66. The van der Waals surface area contributed by atoms with E-state index in [1.165, 1.54) is 10.9 Å². The molecule has 1 heterocycles. The fraction of sp³-hybridized carbons (Fsp3) is 0.0625. The molecule has 1 atom stereocenters. The average Bonchev–Trinajstić information content (AvgIpc) is 3.00. The predicted molar refractivity (Wildman–Crippen MR) is 76.2 cm³/mol. The molecule has 1 radical (unpaired) electrons. The molecule has 0 amide bonds. The van der Waals surface area contributed by atoms with Gasteiger partial charge in [0.05, 0.1) is 6.33 Å². The first-order valence-electron chi connectivity index (χ1n) is 6.19. The van der Waals surface area contributed by atoms with E-state index in [4.69, 9.17) is 0 Å². The van der Waals surface area contributed by atoms with Crippen LogP contribution in [0.5, 0.6) is 0 Å². The van der Waals surface area contributed by atoms with Crippen molar-refractivity contribution in [2.45, 2.75) is 5.54 Å². The predicted octanol–water partition coefficient (Wildman–Crippen LogP) is 2.70. The lowest BCUT2D eigenvalue weighted by Crippen LogP contribution is -2.39. The number of hydrogen-bond acceptors (Lipinski definition) is 2. The molecule has 99 valence electrons. The standard InChI is InChI=1S/C16H13N2O2/c1-16(15(19)20,18-10-9-17-11-18)14-8-4-6-12-5-2-3-7-13(12)14/h2-11H,1H2,(H,19,20). The van der Waals surface area contributed by atoms with Gasteiger partial charge in [-0.1, -0.05) is 42.5 Å². The van der Waals surface area contributed by atoms with Gasteiger partial charge in [0.15, 0.2) is 5.54 Å². The van der Waals surface area contributed by atoms with Crippen LogP contribution >= 0.6 is 0 Å². The maximum absolute atomic E-state index is 11.9. The van der Waals surface area contributed by atoms with Crippen molar-refractivity contribution >= 4 is 16.7 Å². The maximum atomic E-state index is 11.9. The molecule has 2 aromatic carbocycles. The van der Waals surface area contributed by atoms with Crippen molar-refractivity contribution in [2.75, 3.05) is 0 Å². The molecule has 0 saturated carbocycles. The van der Waals surface area contributed by atoms with E-state index in [-0.39, 0.29) is 0 Å². The van der Waals surface area contributed by atoms with Gasteiger partial charge >= 0.3 is 5.97 Å². The second kappa shape index (κ2) is 4.49. The van der Waals surface area contributed by atoms with Crippen LogP contribution in [0.2, 0.25) is 0 Å². The molecule has 1 N–H and O–H groups in total. The Kier molecular flexibility index (Phi) is 2.79. The van der Waals surface area contributed by atoms with Gasteiger partial charge in [-0.3, -0.25) is 0 Å². The first kappa shape index (κ1) is 12.4. The number of benzene rings is 2. The third-order valence-electron chi connectivity index (χ3n) is 3.53. The highest BCUT2D eigenvalue weighted by molar-refractivity contribution is 5.93. The van der Waals surface area contributed by atoms with Gasteiger partial charge in [0.2, 0.25) is 0 Å². The Bertz CT molecular complexity index is 760. The van der Waals surface area contributed by atoms with Crippen LogP contribution < -0.4 is 0 Å². The number of aliphatic carboxylic acids is 1. The largest absolute Gasteiger partial charge is 0.479 e. The minimum atomic E-state index is -1.43. The van der Waals surface area contributed by atoms with Crippen molar-refractivity contribution in [3.8, 4) is 0 Å². The SMILES string of the molecule is [CH2]C(C(=O)O)(c1cccc2ccccc12)n1ccnc1. The van der Waals surface area contributed by atoms with Crippen molar-refractivity contribution in [1.82, 2.24) is 9.55 Å². The molecule has 0 aliphatic rings. The van der Waals surface area contributed by atoms with E-state index in [0.29, 0.717) is 5.56 Å². The normalized spacial score (nSPS) is 14.1. The van der Waals surface area contributed by atoms with E-state index in [1.54, 1.807) is 18.5 Å². The van der Waals surface area contributed by atoms with Gasteiger partial charge in [0.25, 0.3) is 0 Å². The molecule has 1 unspecified atom stereocenters. The van der Waals surface area contributed by atoms with Crippen LogP contribution in [0.15, 0.2) is 61.2 Å². The van der Waals surface area contributed by atoms with Crippen LogP contribution in [-0.4, -0.2) is 20.6 Å². The number of carboxylic acid groups (broad SMARTS) is 1. The zero-order valence-corrected chi connectivity index (χ0v) is 10.7. The minimum absolute atomic E-state index is 0.640. The molecule has 0 aliphatic carbocycles. The van der Waals surface area contributed by atoms with Crippen molar-refractivity contribution in [2.24, 2.45) is 0 Å². The summed E-state index contributed by atoms with van der Waals surface area (Å²) in [6, 6.07) is 13.3. The summed E-state index contributed by atoms with van der Waals surface area (Å²) in [7, 11) is 0. The number of rotatable bonds is 3. The van der Waals surface area contributed by atoms with Crippen molar-refractivity contribution in [3.63, 3.8) is 0 Å². The highest BCUT2D eigenvalue weighted by atomic mass is 16.4. The van der Waals surface area contributed by atoms with E-state index in [9.17, 15) is 9.90 Å². The number of nitrogens with zero attached hydrogens (tertiary/aromatic N) is 2. The van der Waals surface area contributed by atoms with Gasteiger partial charge in [-0.05, 0) is 23.3 Å². The number of fused-ring (bicyclic) bond motifs is 1. The summed E-state index contributed by atoms with van der Waals surface area (Å²) >= 11 is 0. The number of carbonyl (C=O) groups is 1. The topological polar surface area (TPSA) is 55.1 Å². The molecule has 0 spiro atoms. The average molecular weight is 265 g/mol. The Morgan fingerprint density at radius 2 is 1.95 bits per heavy atom. The highest BCUT2D eigenvalue weighted by Gasteiger charge is 2.38. The van der Waals surface area contributed by atoms with Crippen LogP contribution in [0.25, 0.3) is 10.8 Å². The summed E-state index contributed by atoms with van der Waals surface area (Å²) in [6.45, 7) is 3.96. The molecular weight excluding hydrogens is 252 g/mol. The summed E-state index contributed by atoms with van der Waals surface area (Å²) in [4.78, 5) is 15.8. The molecule has 0 bridgehead atoms. The molecule has 4 nitrogen and oxygen atoms in total. The van der Waals surface area contributed by atoms with Crippen molar-refractivity contribution < 1.29 is 9.90 Å². The van der Waals surface area contributed by atoms with E-state index in [2.05, 4.69) is 11.9 Å². The molecule has 0 saturated heterocycles. The van der Waals surface area contributed by atoms with Crippen molar-refractivity contribution in [1.29, 1.82) is 0 Å². The van der Waals surface area contributed by atoms with Gasteiger partial charge in [0, 0.05) is 12.4 Å². The zero-order chi connectivity index (χ0) is 14.2. The van der Waals surface area contributed by atoms with Gasteiger partial charge in [-0.25, -0.2) is 9.78 Å². The van der Waals surface area contributed by atoms with Crippen molar-refractivity contribution in [3.05, 3.63) is 73.7 Å². The van der Waals surface area contributed by atoms with Crippen LogP contribution in [0.3, 0.4) is 0 Å². The Balaban J connectivity index is 2.34. The Morgan fingerprint density at radius 3 is 2.65 bits per heavy atom. The van der Waals surface area contributed by atoms with E-state index in [0.717, 1.165) is 10.8 Å². The highest BCUT2D eigenvalue weighted by Crippen LogP contribution is 2.32. The molecule has 3 aromatic rings. The molecule has 1 aromatic heterocycles. The lowest BCUT2D eigenvalue weighted by molar-refractivity contribution is -0.143. The van der Waals surface area contributed by atoms with E-state index >= 15 is 0 Å². The van der Waals surface area contributed by atoms with Crippen LogP contribution in [0.1, 0.15) is 5.56 Å². The number of hydrogen-bond donors (Lipinski definition) is 1. The first-order valence-corrected chi connectivity index (χ1v) is 6.19. The number of carboxylic acids is 1. The molecule has 20 heavy (non-hydrogen) atoms. The zero-order valence-electron chi connectivity index (χ0n) is 10.7. The Hall–Kier alpha value is -2.62. The Labute approximate surface area is 116 Å². The monoisotopic (exact) mass is 265 g/mol. The van der Waals surface area contributed by atoms with E-state index in [1.807, 2.05) is 36.4 Å². The van der Waals surface area contributed by atoms with Crippen LogP contribution in [-0.2, 0) is 10.3 Å². The third-order valence-corrected chi connectivity index (χ3v) is 3.53.